The smallest absolute Gasteiger partial charge is 0.303 e. The molecule has 48 nitrogen and oxygen atoms in total. The molecule has 0 spiro atoms. The summed E-state index contributed by atoms with van der Waals surface area (Å²) in [6.45, 7) is 25.8. The van der Waals surface area contributed by atoms with E-state index >= 15 is 0 Å². The summed E-state index contributed by atoms with van der Waals surface area (Å²) >= 11 is 0. The van der Waals surface area contributed by atoms with E-state index < -0.39 is 288 Å². The maximum Gasteiger partial charge on any atom is 0.303 e. The van der Waals surface area contributed by atoms with Crippen molar-refractivity contribution in [3.63, 3.8) is 0 Å². The van der Waals surface area contributed by atoms with E-state index in [4.69, 9.17) is 17.2 Å². The normalized spacial score (nSPS) is 16.1. The molecule has 1 fully saturated rings. The van der Waals surface area contributed by atoms with Gasteiger partial charge < -0.3 is 133 Å². The molecule has 1 aliphatic heterocycles. The highest BCUT2D eigenvalue weighted by molar-refractivity contribution is 6.02. The minimum atomic E-state index is -1.62. The number of likely N-dealkylation sites (tertiary alicyclic amines) is 1. The monoisotopic (exact) mass is 2030 g/mol. The molecule has 5 rings (SSSR count). The van der Waals surface area contributed by atoms with Crippen LogP contribution in [0.1, 0.15) is 198 Å². The Labute approximate surface area is 843 Å². The van der Waals surface area contributed by atoms with Crippen LogP contribution in [-0.2, 0) is 126 Å². The second-order valence-electron chi connectivity index (χ2n) is 38.3. The number of nitrogens with zero attached hydrogens (tertiary/aromatic N) is 3. The van der Waals surface area contributed by atoms with Crippen molar-refractivity contribution >= 4 is 124 Å². The van der Waals surface area contributed by atoms with Gasteiger partial charge >= 0.3 is 5.97 Å². The van der Waals surface area contributed by atoms with Crippen LogP contribution in [0.5, 0.6) is 0 Å². The number of carbonyl (C=O) groups is 21. The van der Waals surface area contributed by atoms with Crippen molar-refractivity contribution in [1.29, 1.82) is 0 Å². The fourth-order valence-electron chi connectivity index (χ4n) is 15.5. The van der Waals surface area contributed by atoms with E-state index in [1.165, 1.54) is 64.6 Å². The first-order valence-electron chi connectivity index (χ1n) is 49.1. The summed E-state index contributed by atoms with van der Waals surface area (Å²) in [5.74, 6) is -21.2. The number of aliphatic carboxylic acids is 1. The molecule has 0 saturated carbocycles. The third-order valence-electron chi connectivity index (χ3n) is 24.3. The Kier molecular flexibility index (Phi) is 50.4. The predicted molar refractivity (Wildman–Crippen MR) is 530 cm³/mol. The van der Waals surface area contributed by atoms with E-state index in [0.717, 1.165) is 5.56 Å². The van der Waals surface area contributed by atoms with Crippen LogP contribution in [0.4, 0.5) is 0 Å². The van der Waals surface area contributed by atoms with Crippen LogP contribution in [0.15, 0.2) is 85.7 Å². The van der Waals surface area contributed by atoms with Crippen molar-refractivity contribution in [3.05, 3.63) is 108 Å². The van der Waals surface area contributed by atoms with Crippen molar-refractivity contribution in [2.75, 3.05) is 26.2 Å². The molecule has 4 aromatic rings. The SMILES string of the molecule is CC[C@H](C)[C@H](NC(=O)[C@H](C)NC(=O)[C@@H]1CCCN1C(=O)[C@@H](NC(=O)[C@@H](NC(=O)[C@H](Cc1c[nH]cn1)NC(=O)[C@H](C)NC(=O)[C@H](C)NC(=O)[C@@H](NC(=O)[C@H](CCCCN)NC(=O)[C@H](C)NC(=O)[C@H](CC(C)C)NC(=O)[C@@H](NC(=O)CNC(=O)[C@H](Cc1ccccc1)NC(=O)CN)C(C)C)C(C)C)C(C)C)C(C)C)C(=O)N[C@@H](C)C(=O)N[C@@H](CCC(=O)O)C(=O)N[C@@H](Cc1c[nH]cn1)C(=O)N[C@@H](Cc1ccccc1)C(N)=O. The van der Waals surface area contributed by atoms with Crippen molar-refractivity contribution in [3.8, 4) is 0 Å². The highest BCUT2D eigenvalue weighted by Crippen LogP contribution is 2.23. The summed E-state index contributed by atoms with van der Waals surface area (Å²) in [5, 5.41) is 56.4. The summed E-state index contributed by atoms with van der Waals surface area (Å²) < 4.78 is 0. The van der Waals surface area contributed by atoms with Crippen LogP contribution in [0.25, 0.3) is 0 Å². The molecule has 27 N–H and O–H groups in total. The van der Waals surface area contributed by atoms with E-state index in [9.17, 15) is 106 Å². The van der Waals surface area contributed by atoms with Gasteiger partial charge in [0.1, 0.15) is 109 Å². The van der Waals surface area contributed by atoms with E-state index in [-0.39, 0.29) is 69.6 Å². The average Bonchev–Trinajstić information content (AvgIpc) is 1.71. The second kappa shape index (κ2) is 60.3. The molecule has 1 saturated heterocycles. The lowest BCUT2D eigenvalue weighted by Crippen LogP contribution is -2.62. The minimum absolute atomic E-state index is 0.00313. The molecule has 3 heterocycles. The van der Waals surface area contributed by atoms with Crippen LogP contribution in [0, 0.1) is 35.5 Å². The first-order chi connectivity index (χ1) is 68.4. The lowest BCUT2D eigenvalue weighted by Gasteiger charge is -2.33. The molecular formula is C97H150N26O22. The van der Waals surface area contributed by atoms with Gasteiger partial charge in [0.15, 0.2) is 0 Å². The van der Waals surface area contributed by atoms with E-state index in [2.05, 4.69) is 116 Å². The number of primary amides is 1. The largest absolute Gasteiger partial charge is 0.481 e. The number of carbonyl (C=O) groups excluding carboxylic acids is 20. The zero-order valence-corrected chi connectivity index (χ0v) is 85.6. The molecule has 0 unspecified atom stereocenters. The van der Waals surface area contributed by atoms with Crippen LogP contribution in [-0.4, -0.2) is 289 Å². The molecule has 0 aliphatic carbocycles. The Balaban J connectivity index is 1.18. The minimum Gasteiger partial charge on any atom is -0.481 e. The second-order valence-corrected chi connectivity index (χ2v) is 38.3. The summed E-state index contributed by atoms with van der Waals surface area (Å²) in [6.07, 6.45) is 5.54. The molecule has 0 radical (unpaired) electrons. The molecule has 20 amide bonds. The average molecular weight is 2030 g/mol. The Bertz CT molecular complexity index is 5030. The van der Waals surface area contributed by atoms with E-state index in [1.807, 2.05) is 0 Å². The van der Waals surface area contributed by atoms with E-state index in [0.29, 0.717) is 36.9 Å². The topological polar surface area (TPSA) is 734 Å². The molecular weight excluding hydrogens is 1880 g/mol. The van der Waals surface area contributed by atoms with Crippen LogP contribution in [0.3, 0.4) is 0 Å². The molecule has 0 bridgehead atoms. The highest BCUT2D eigenvalue weighted by atomic mass is 16.4. The summed E-state index contributed by atoms with van der Waals surface area (Å²) in [6, 6.07) is -6.77. The van der Waals surface area contributed by atoms with Gasteiger partial charge in [-0.3, -0.25) is 101 Å². The quantitative estimate of drug-likeness (QED) is 0.0187. The number of aromatic nitrogens is 4. The zero-order valence-electron chi connectivity index (χ0n) is 85.6. The number of benzene rings is 2. The first kappa shape index (κ1) is 121. The lowest BCUT2D eigenvalue weighted by molar-refractivity contribution is -0.143. The molecule has 2 aromatic heterocycles. The number of imidazole rings is 2. The molecule has 2 aromatic carbocycles. The van der Waals surface area contributed by atoms with Crippen molar-refractivity contribution in [2.24, 2.45) is 52.7 Å². The number of aromatic amines is 2. The number of carboxylic acids is 1. The fraction of sp³-hybridized carbons (Fsp3) is 0.598. The molecule has 145 heavy (non-hydrogen) atoms. The molecule has 1 aliphatic rings. The summed E-state index contributed by atoms with van der Waals surface area (Å²) in [7, 11) is 0. The molecule has 800 valence electrons. The van der Waals surface area contributed by atoms with Gasteiger partial charge in [-0.25, -0.2) is 9.97 Å². The third kappa shape index (κ3) is 40.4. The van der Waals surface area contributed by atoms with Crippen molar-refractivity contribution < 1.29 is 106 Å². The van der Waals surface area contributed by atoms with Crippen molar-refractivity contribution in [2.45, 2.75) is 310 Å². The van der Waals surface area contributed by atoms with Gasteiger partial charge in [-0.05, 0) is 133 Å². The van der Waals surface area contributed by atoms with Gasteiger partial charge in [0.2, 0.25) is 118 Å². The van der Waals surface area contributed by atoms with E-state index in [1.54, 1.807) is 144 Å². The number of unbranched alkanes of at least 4 members (excludes halogenated alkanes) is 1. The number of carboxylic acid groups (broad SMARTS) is 1. The number of hydrogen-bond donors (Lipinski definition) is 24. The number of nitrogens with two attached hydrogens (primary N) is 3. The van der Waals surface area contributed by atoms with Crippen LogP contribution < -0.4 is 113 Å². The first-order valence-corrected chi connectivity index (χ1v) is 49.1. The number of nitrogens with one attached hydrogen (secondary N) is 20. The van der Waals surface area contributed by atoms with Gasteiger partial charge in [0, 0.05) is 51.0 Å². The Morgan fingerprint density at radius 2 is 0.766 bits per heavy atom. The molecule has 48 heteroatoms. The number of rotatable bonds is 61. The van der Waals surface area contributed by atoms with Gasteiger partial charge in [0.05, 0.1) is 37.1 Å². The Morgan fingerprint density at radius 1 is 0.393 bits per heavy atom. The Hall–Kier alpha value is -14.4. The maximum atomic E-state index is 14.8. The summed E-state index contributed by atoms with van der Waals surface area (Å²) in [5.41, 5.74) is 18.9. The number of H-pyrrole nitrogens is 2. The Morgan fingerprint density at radius 3 is 1.23 bits per heavy atom. The van der Waals surface area contributed by atoms with Crippen molar-refractivity contribution in [1.82, 2.24) is 121 Å². The molecule has 19 atom stereocenters. The van der Waals surface area contributed by atoms with Gasteiger partial charge in [-0.2, -0.15) is 0 Å². The lowest BCUT2D eigenvalue weighted by atomic mass is 9.97. The number of hydrogen-bond acceptors (Lipinski definition) is 25. The van der Waals surface area contributed by atoms with Gasteiger partial charge in [-0.15, -0.1) is 0 Å². The maximum absolute atomic E-state index is 14.8. The third-order valence-corrected chi connectivity index (χ3v) is 24.3. The highest BCUT2D eigenvalue weighted by Gasteiger charge is 2.44. The zero-order chi connectivity index (χ0) is 108. The van der Waals surface area contributed by atoms with Crippen LogP contribution >= 0.6 is 0 Å². The van der Waals surface area contributed by atoms with Crippen LogP contribution in [0.2, 0.25) is 0 Å². The fourth-order valence-corrected chi connectivity index (χ4v) is 15.5. The number of amides is 20. The standard InChI is InChI=1S/C97H150N26O22/c1-18-54(12)79(96(144)110-58(16)83(131)113-65(34-35-74(126)127)87(135)116-69(41-62-44-101-47-104-62)90(138)114-66(80(100)128)39-60-28-21-19-22-29-60)122-85(133)59(17)108-92(140)71-33-27-37-123(71)97(145)78(53(10)11)121-95(143)77(52(8)9)120-91(139)70(42-63-45-102-48-105-63)115-84(132)56(14)106-81(129)55(13)109-93(141)76(51(6)7)119-88(136)64(32-25-26-36-98)112-82(130)57(15)107-89(137)67(38-49(2)3)117-94(142)75(50(4)5)118-73(125)46-103-86(134)68(111-72(124)43-99)40-61-30-23-20-24-31-61/h19-24,28-31,44-45,47-59,64-71,75-79H,18,25-27,32-43,46,98-99H2,1-17H3,(H2,100,128)(H,101,104)(H,102,105)(H,103,134)(H,106,129)(H,107,137)(H,108,140)(H,109,141)(H,110,144)(H,111,124)(H,112,130)(H,113,131)(H,114,138)(H,115,132)(H,116,135)(H,117,142)(H,118,125)(H,119,136)(H,120,139)(H,121,143)(H,122,133)(H,126,127)/t54-,55-,56-,57-,58-,59-,64-,65-,66-,67-,68-,69-,70-,71-,75-,76-,77-,78-,79-/m0/s1. The van der Waals surface area contributed by atoms with Gasteiger partial charge in [-0.1, -0.05) is 150 Å². The van der Waals surface area contributed by atoms with Gasteiger partial charge in [0.25, 0.3) is 0 Å². The summed E-state index contributed by atoms with van der Waals surface area (Å²) in [4.78, 5) is 306. The predicted octanol–water partition coefficient (Wildman–Crippen LogP) is -3.99.